The lowest BCUT2D eigenvalue weighted by atomic mass is 9.88. The molecule has 1 saturated heterocycles. The Morgan fingerprint density at radius 2 is 2.12 bits per heavy atom. The molecule has 0 radical (unpaired) electrons. The van der Waals surface area contributed by atoms with Gasteiger partial charge in [0.15, 0.2) is 0 Å². The van der Waals surface area contributed by atoms with E-state index >= 15 is 0 Å². The number of likely N-dealkylation sites (tertiary alicyclic amines) is 1. The molecule has 5 atom stereocenters. The first-order valence-corrected chi connectivity index (χ1v) is 6.95. The first-order valence-electron chi connectivity index (χ1n) is 6.95. The number of aliphatic hydroxyl groups excluding tert-OH is 1. The third-order valence-corrected chi connectivity index (χ3v) is 5.29. The molecule has 5 unspecified atom stereocenters. The molecule has 3 aliphatic carbocycles. The van der Waals surface area contributed by atoms with Gasteiger partial charge in [-0.2, -0.15) is 0 Å². The van der Waals surface area contributed by atoms with Gasteiger partial charge >= 0.3 is 0 Å². The second-order valence-corrected chi connectivity index (χ2v) is 6.34. The SMILES string of the molecule is O=C(CNC1CC1)N1CC2CC3CC2C1C3O. The number of amides is 1. The third-order valence-electron chi connectivity index (χ3n) is 5.29. The predicted octanol–water partition coefficient (Wildman–Crippen LogP) is -0.0339. The Hall–Kier alpha value is -0.610. The molecule has 0 aromatic rings. The molecule has 4 fully saturated rings. The van der Waals surface area contributed by atoms with Crippen LogP contribution in [0, 0.1) is 17.8 Å². The molecule has 0 aromatic heterocycles. The lowest BCUT2D eigenvalue weighted by Crippen LogP contribution is -2.47. The second kappa shape index (κ2) is 3.45. The normalized spacial score (nSPS) is 46.9. The van der Waals surface area contributed by atoms with Crippen molar-refractivity contribution in [2.75, 3.05) is 13.1 Å². The van der Waals surface area contributed by atoms with E-state index in [1.54, 1.807) is 0 Å². The van der Waals surface area contributed by atoms with Gasteiger partial charge in [-0.15, -0.1) is 0 Å². The van der Waals surface area contributed by atoms with Gasteiger partial charge in [0.05, 0.1) is 18.7 Å². The number of fused-ring (bicyclic) bond motifs is 1. The maximum absolute atomic E-state index is 12.2. The molecule has 2 bridgehead atoms. The summed E-state index contributed by atoms with van der Waals surface area (Å²) in [6, 6.07) is 0.728. The smallest absolute Gasteiger partial charge is 0.236 e. The van der Waals surface area contributed by atoms with Crippen LogP contribution in [0.25, 0.3) is 0 Å². The van der Waals surface area contributed by atoms with Crippen molar-refractivity contribution in [1.82, 2.24) is 10.2 Å². The van der Waals surface area contributed by atoms with E-state index in [0.717, 1.165) is 19.4 Å². The van der Waals surface area contributed by atoms with Crippen molar-refractivity contribution in [3.63, 3.8) is 0 Å². The van der Waals surface area contributed by atoms with Crippen molar-refractivity contribution in [2.24, 2.45) is 17.8 Å². The summed E-state index contributed by atoms with van der Waals surface area (Å²) in [6.07, 6.45) is 4.47. The molecule has 1 heterocycles. The summed E-state index contributed by atoms with van der Waals surface area (Å²) in [5.74, 6) is 1.96. The molecular weight excluding hydrogens is 216 g/mol. The number of hydrogen-bond acceptors (Lipinski definition) is 3. The molecule has 0 aromatic carbocycles. The summed E-state index contributed by atoms with van der Waals surface area (Å²) in [5.41, 5.74) is 0. The van der Waals surface area contributed by atoms with Gasteiger partial charge in [-0.3, -0.25) is 4.79 Å². The van der Waals surface area contributed by atoms with Gasteiger partial charge in [-0.25, -0.2) is 0 Å². The van der Waals surface area contributed by atoms with Crippen LogP contribution in [0.5, 0.6) is 0 Å². The molecule has 4 aliphatic rings. The summed E-state index contributed by atoms with van der Waals surface area (Å²) >= 11 is 0. The number of nitrogens with one attached hydrogen (secondary N) is 1. The van der Waals surface area contributed by atoms with Crippen molar-refractivity contribution in [1.29, 1.82) is 0 Å². The Balaban J connectivity index is 1.45. The summed E-state index contributed by atoms with van der Waals surface area (Å²) in [7, 11) is 0. The highest BCUT2D eigenvalue weighted by Gasteiger charge is 2.59. The Morgan fingerprint density at radius 1 is 1.29 bits per heavy atom. The number of carbonyl (C=O) groups is 1. The van der Waals surface area contributed by atoms with Crippen LogP contribution in [0.1, 0.15) is 25.7 Å². The van der Waals surface area contributed by atoms with Crippen molar-refractivity contribution >= 4 is 5.91 Å². The molecule has 4 rings (SSSR count). The van der Waals surface area contributed by atoms with Crippen LogP contribution in [0.15, 0.2) is 0 Å². The van der Waals surface area contributed by atoms with Crippen molar-refractivity contribution in [3.05, 3.63) is 0 Å². The topological polar surface area (TPSA) is 52.6 Å². The quantitative estimate of drug-likeness (QED) is 0.723. The lowest BCUT2D eigenvalue weighted by Gasteiger charge is -2.29. The van der Waals surface area contributed by atoms with E-state index in [4.69, 9.17) is 0 Å². The molecule has 4 nitrogen and oxygen atoms in total. The van der Waals surface area contributed by atoms with Gasteiger partial charge in [-0.05, 0) is 43.4 Å². The fraction of sp³-hybridized carbons (Fsp3) is 0.923. The molecule has 1 aliphatic heterocycles. The monoisotopic (exact) mass is 236 g/mol. The van der Waals surface area contributed by atoms with E-state index in [0.29, 0.717) is 30.3 Å². The third kappa shape index (κ3) is 1.47. The fourth-order valence-electron chi connectivity index (χ4n) is 4.32. The van der Waals surface area contributed by atoms with Gasteiger partial charge in [0.25, 0.3) is 0 Å². The van der Waals surface area contributed by atoms with Gasteiger partial charge in [-0.1, -0.05) is 0 Å². The highest BCUT2D eigenvalue weighted by molar-refractivity contribution is 5.79. The zero-order valence-electron chi connectivity index (χ0n) is 10.0. The Kier molecular flexibility index (Phi) is 2.10. The Labute approximate surface area is 101 Å². The van der Waals surface area contributed by atoms with E-state index < -0.39 is 0 Å². The maximum Gasteiger partial charge on any atom is 0.236 e. The Morgan fingerprint density at radius 3 is 2.82 bits per heavy atom. The molecule has 4 heteroatoms. The number of hydrogen-bond donors (Lipinski definition) is 2. The summed E-state index contributed by atoms with van der Waals surface area (Å²) in [4.78, 5) is 14.2. The number of nitrogens with zero attached hydrogens (tertiary/aromatic N) is 1. The van der Waals surface area contributed by atoms with E-state index in [1.807, 2.05) is 4.90 Å². The molecule has 2 N–H and O–H groups in total. The zero-order valence-corrected chi connectivity index (χ0v) is 10.0. The van der Waals surface area contributed by atoms with Crippen LogP contribution in [0.3, 0.4) is 0 Å². The first-order chi connectivity index (χ1) is 8.24. The summed E-state index contributed by atoms with van der Waals surface area (Å²) in [5, 5.41) is 13.5. The van der Waals surface area contributed by atoms with Crippen molar-refractivity contribution < 1.29 is 9.90 Å². The van der Waals surface area contributed by atoms with Gasteiger partial charge < -0.3 is 15.3 Å². The molecule has 1 amide bonds. The van der Waals surface area contributed by atoms with Crippen LogP contribution in [0.4, 0.5) is 0 Å². The van der Waals surface area contributed by atoms with Gasteiger partial charge in [0, 0.05) is 12.6 Å². The van der Waals surface area contributed by atoms with Crippen molar-refractivity contribution in [2.45, 2.75) is 43.9 Å². The summed E-state index contributed by atoms with van der Waals surface area (Å²) in [6.45, 7) is 1.37. The average Bonchev–Trinajstić information content (AvgIpc) is 2.87. The number of rotatable bonds is 3. The first kappa shape index (κ1) is 10.3. The van der Waals surface area contributed by atoms with E-state index in [-0.39, 0.29) is 18.1 Å². The minimum absolute atomic E-state index is 0.146. The highest BCUT2D eigenvalue weighted by Crippen LogP contribution is 2.54. The fourth-order valence-corrected chi connectivity index (χ4v) is 4.32. The minimum atomic E-state index is -0.247. The highest BCUT2D eigenvalue weighted by atomic mass is 16.3. The average molecular weight is 236 g/mol. The zero-order chi connectivity index (χ0) is 11.6. The molecule has 17 heavy (non-hydrogen) atoms. The molecular formula is C13H20N2O2. The second-order valence-electron chi connectivity index (χ2n) is 6.34. The van der Waals surface area contributed by atoms with Crippen LogP contribution < -0.4 is 5.32 Å². The predicted molar refractivity (Wildman–Crippen MR) is 62.2 cm³/mol. The van der Waals surface area contributed by atoms with Crippen LogP contribution in [-0.4, -0.2) is 47.2 Å². The van der Waals surface area contributed by atoms with Gasteiger partial charge in [0.2, 0.25) is 5.91 Å². The van der Waals surface area contributed by atoms with Gasteiger partial charge in [0.1, 0.15) is 0 Å². The largest absolute Gasteiger partial charge is 0.391 e. The minimum Gasteiger partial charge on any atom is -0.391 e. The van der Waals surface area contributed by atoms with Crippen molar-refractivity contribution in [3.8, 4) is 0 Å². The molecule has 94 valence electrons. The van der Waals surface area contributed by atoms with Crippen LogP contribution in [-0.2, 0) is 4.79 Å². The summed E-state index contributed by atoms with van der Waals surface area (Å²) < 4.78 is 0. The number of aliphatic hydroxyl groups is 1. The van der Waals surface area contributed by atoms with Crippen LogP contribution >= 0.6 is 0 Å². The van der Waals surface area contributed by atoms with Crippen LogP contribution in [0.2, 0.25) is 0 Å². The van der Waals surface area contributed by atoms with E-state index in [1.165, 1.54) is 12.8 Å². The molecule has 0 spiro atoms. The standard InChI is InChI=1S/C13H20N2O2/c16-11(5-14-9-1-2-9)15-6-8-3-7-4-10(8)12(15)13(7)17/h7-10,12-14,17H,1-6H2. The Bertz CT molecular complexity index is 353. The van der Waals surface area contributed by atoms with E-state index in [2.05, 4.69) is 5.32 Å². The number of carbonyl (C=O) groups excluding carboxylic acids is 1. The maximum atomic E-state index is 12.2. The van der Waals surface area contributed by atoms with E-state index in [9.17, 15) is 9.90 Å². The lowest BCUT2D eigenvalue weighted by molar-refractivity contribution is -0.133. The molecule has 3 saturated carbocycles.